The van der Waals surface area contributed by atoms with Crippen molar-refractivity contribution in [3.8, 4) is 0 Å². The molecular weight excluding hydrogens is 166 g/mol. The average molecular weight is 183 g/mol. The molecular formula is C10H17NO2. The molecule has 0 radical (unpaired) electrons. The number of hydrogen-bond donors (Lipinski definition) is 0. The molecule has 74 valence electrons. The first-order chi connectivity index (χ1) is 6.09. The fourth-order valence-electron chi connectivity index (χ4n) is 0.808. The van der Waals surface area contributed by atoms with Crippen LogP contribution in [0.1, 0.15) is 19.6 Å². The molecule has 0 atom stereocenters. The number of anilines is 1. The Morgan fingerprint density at radius 2 is 1.77 bits per heavy atom. The molecule has 3 nitrogen and oxygen atoms in total. The van der Waals surface area contributed by atoms with Gasteiger partial charge < -0.3 is 9.32 Å². The fraction of sp³-hybridized carbons (Fsp3) is 0.500. The van der Waals surface area contributed by atoms with Crippen LogP contribution in [0.25, 0.3) is 0 Å². The molecule has 0 bridgehead atoms. The lowest BCUT2D eigenvalue weighted by molar-refractivity contribution is 0.515. The van der Waals surface area contributed by atoms with Crippen molar-refractivity contribution in [2.24, 2.45) is 0 Å². The molecule has 1 rings (SSSR count). The summed E-state index contributed by atoms with van der Waals surface area (Å²) in [7, 11) is 3.66. The third-order valence-corrected chi connectivity index (χ3v) is 1.32. The Kier molecular flexibility index (Phi) is 4.89. The Morgan fingerprint density at radius 1 is 1.23 bits per heavy atom. The van der Waals surface area contributed by atoms with Crippen LogP contribution < -0.4 is 10.3 Å². The summed E-state index contributed by atoms with van der Waals surface area (Å²) in [6, 6.07) is 2.93. The van der Waals surface area contributed by atoms with Crippen molar-refractivity contribution in [1.29, 1.82) is 0 Å². The average Bonchev–Trinajstić information content (AvgIpc) is 2.06. The van der Waals surface area contributed by atoms with Gasteiger partial charge in [-0.25, -0.2) is 0 Å². The monoisotopic (exact) mass is 183 g/mol. The SMILES string of the molecule is CC.Cc1cc(=O)cc(N(C)C)o1. The number of nitrogens with zero attached hydrogens (tertiary/aromatic N) is 1. The smallest absolute Gasteiger partial charge is 0.198 e. The number of aryl methyl sites for hydroxylation is 1. The zero-order valence-electron chi connectivity index (χ0n) is 8.92. The van der Waals surface area contributed by atoms with Gasteiger partial charge in [0.1, 0.15) is 5.76 Å². The van der Waals surface area contributed by atoms with Gasteiger partial charge >= 0.3 is 0 Å². The van der Waals surface area contributed by atoms with Crippen molar-refractivity contribution < 1.29 is 4.42 Å². The van der Waals surface area contributed by atoms with Gasteiger partial charge in [-0.15, -0.1) is 0 Å². The van der Waals surface area contributed by atoms with E-state index < -0.39 is 0 Å². The van der Waals surface area contributed by atoms with Gasteiger partial charge in [-0.3, -0.25) is 4.79 Å². The van der Waals surface area contributed by atoms with E-state index >= 15 is 0 Å². The van der Waals surface area contributed by atoms with Crippen LogP contribution in [-0.2, 0) is 0 Å². The lowest BCUT2D eigenvalue weighted by atomic mass is 10.4. The van der Waals surface area contributed by atoms with E-state index in [1.807, 2.05) is 27.9 Å². The summed E-state index contributed by atoms with van der Waals surface area (Å²) in [4.78, 5) is 12.7. The maximum atomic E-state index is 10.9. The summed E-state index contributed by atoms with van der Waals surface area (Å²) < 4.78 is 5.25. The fourth-order valence-corrected chi connectivity index (χ4v) is 0.808. The van der Waals surface area contributed by atoms with E-state index in [0.29, 0.717) is 11.6 Å². The van der Waals surface area contributed by atoms with Crippen LogP contribution in [-0.4, -0.2) is 14.1 Å². The Bertz CT molecular complexity index is 302. The maximum Gasteiger partial charge on any atom is 0.198 e. The summed E-state index contributed by atoms with van der Waals surface area (Å²) in [5.41, 5.74) is -0.0162. The Morgan fingerprint density at radius 3 is 2.15 bits per heavy atom. The molecule has 1 aromatic rings. The van der Waals surface area contributed by atoms with Crippen LogP contribution in [0.2, 0.25) is 0 Å². The third-order valence-electron chi connectivity index (χ3n) is 1.32. The molecule has 0 fully saturated rings. The predicted octanol–water partition coefficient (Wildman–Crippen LogP) is 2.04. The molecule has 1 heterocycles. The van der Waals surface area contributed by atoms with Crippen LogP contribution in [0, 0.1) is 6.92 Å². The Balaban J connectivity index is 0.000000671. The van der Waals surface area contributed by atoms with E-state index in [1.165, 1.54) is 12.1 Å². The highest BCUT2D eigenvalue weighted by Crippen LogP contribution is 2.08. The maximum absolute atomic E-state index is 10.9. The molecule has 0 aliphatic carbocycles. The van der Waals surface area contributed by atoms with Gasteiger partial charge in [-0.05, 0) is 6.92 Å². The lowest BCUT2D eigenvalue weighted by Gasteiger charge is -2.09. The number of hydrogen-bond acceptors (Lipinski definition) is 3. The molecule has 1 aromatic heterocycles. The molecule has 0 unspecified atom stereocenters. The van der Waals surface area contributed by atoms with Gasteiger partial charge in [0, 0.05) is 26.2 Å². The Hall–Kier alpha value is -1.25. The predicted molar refractivity (Wildman–Crippen MR) is 55.4 cm³/mol. The van der Waals surface area contributed by atoms with Gasteiger partial charge in [0.25, 0.3) is 0 Å². The zero-order valence-corrected chi connectivity index (χ0v) is 8.92. The highest BCUT2D eigenvalue weighted by molar-refractivity contribution is 5.32. The largest absolute Gasteiger partial charge is 0.446 e. The summed E-state index contributed by atoms with van der Waals surface area (Å²) in [6.07, 6.45) is 0. The van der Waals surface area contributed by atoms with Crippen LogP contribution in [0.15, 0.2) is 21.3 Å². The van der Waals surface area contributed by atoms with E-state index in [2.05, 4.69) is 0 Å². The summed E-state index contributed by atoms with van der Waals surface area (Å²) in [5.74, 6) is 1.23. The molecule has 0 N–H and O–H groups in total. The van der Waals surface area contributed by atoms with Gasteiger partial charge in [0.05, 0.1) is 0 Å². The second-order valence-corrected chi connectivity index (χ2v) is 2.64. The minimum atomic E-state index is -0.0162. The van der Waals surface area contributed by atoms with Crippen LogP contribution in [0.4, 0.5) is 5.88 Å². The van der Waals surface area contributed by atoms with Gasteiger partial charge in [0.15, 0.2) is 11.3 Å². The van der Waals surface area contributed by atoms with E-state index in [1.54, 1.807) is 11.8 Å². The third kappa shape index (κ3) is 3.78. The summed E-state index contributed by atoms with van der Waals surface area (Å²) in [5, 5.41) is 0. The molecule has 0 saturated heterocycles. The van der Waals surface area contributed by atoms with Crippen LogP contribution in [0.3, 0.4) is 0 Å². The molecule has 0 saturated carbocycles. The number of rotatable bonds is 1. The first kappa shape index (κ1) is 11.8. The quantitative estimate of drug-likeness (QED) is 0.668. The lowest BCUT2D eigenvalue weighted by Crippen LogP contribution is -2.11. The molecule has 3 heteroatoms. The molecule has 0 aromatic carbocycles. The second-order valence-electron chi connectivity index (χ2n) is 2.64. The molecule has 0 spiro atoms. The molecule has 13 heavy (non-hydrogen) atoms. The van der Waals surface area contributed by atoms with Crippen molar-refractivity contribution in [1.82, 2.24) is 0 Å². The van der Waals surface area contributed by atoms with E-state index in [9.17, 15) is 4.79 Å². The molecule has 0 aliphatic rings. The topological polar surface area (TPSA) is 33.5 Å². The van der Waals surface area contributed by atoms with Gasteiger partial charge in [-0.1, -0.05) is 13.8 Å². The molecule has 0 amide bonds. The normalized spacial score (nSPS) is 8.69. The van der Waals surface area contributed by atoms with Crippen LogP contribution >= 0.6 is 0 Å². The van der Waals surface area contributed by atoms with E-state index in [-0.39, 0.29) is 5.43 Å². The summed E-state index contributed by atoms with van der Waals surface area (Å²) in [6.45, 7) is 5.76. The zero-order chi connectivity index (χ0) is 10.4. The minimum absolute atomic E-state index is 0.0162. The highest BCUT2D eigenvalue weighted by Gasteiger charge is 1.99. The van der Waals surface area contributed by atoms with Crippen LogP contribution in [0.5, 0.6) is 0 Å². The van der Waals surface area contributed by atoms with E-state index in [4.69, 9.17) is 4.42 Å². The second kappa shape index (κ2) is 5.41. The minimum Gasteiger partial charge on any atom is -0.446 e. The molecule has 0 aliphatic heterocycles. The van der Waals surface area contributed by atoms with Crippen molar-refractivity contribution in [2.45, 2.75) is 20.8 Å². The summed E-state index contributed by atoms with van der Waals surface area (Å²) >= 11 is 0. The van der Waals surface area contributed by atoms with Gasteiger partial charge in [-0.2, -0.15) is 0 Å². The Labute approximate surface area is 79.0 Å². The van der Waals surface area contributed by atoms with Crippen molar-refractivity contribution in [2.75, 3.05) is 19.0 Å². The standard InChI is InChI=1S/C8H11NO2.C2H6/c1-6-4-7(10)5-8(11-6)9(2)3;1-2/h4-5H,1-3H3;1-2H3. The van der Waals surface area contributed by atoms with E-state index in [0.717, 1.165) is 0 Å². The highest BCUT2D eigenvalue weighted by atomic mass is 16.4. The van der Waals surface area contributed by atoms with Crippen molar-refractivity contribution >= 4 is 5.88 Å². The van der Waals surface area contributed by atoms with Gasteiger partial charge in [0.2, 0.25) is 0 Å². The van der Waals surface area contributed by atoms with Crippen molar-refractivity contribution in [3.05, 3.63) is 28.1 Å². The first-order valence-electron chi connectivity index (χ1n) is 4.39. The van der Waals surface area contributed by atoms with Crippen molar-refractivity contribution in [3.63, 3.8) is 0 Å². The first-order valence-corrected chi connectivity index (χ1v) is 4.39.